The molecule has 2 heterocycles. The summed E-state index contributed by atoms with van der Waals surface area (Å²) in [5.74, 6) is 0.494. The van der Waals surface area contributed by atoms with E-state index in [1.165, 1.54) is 6.07 Å². The van der Waals surface area contributed by atoms with Gasteiger partial charge in [0.25, 0.3) is 0 Å². The smallest absolute Gasteiger partial charge is 0.179 e. The minimum absolute atomic E-state index is 0.369. The van der Waals surface area contributed by atoms with Crippen molar-refractivity contribution in [3.8, 4) is 11.5 Å². The summed E-state index contributed by atoms with van der Waals surface area (Å²) < 4.78 is 13.6. The van der Waals surface area contributed by atoms with Crippen molar-refractivity contribution >= 4 is 27.5 Å². The number of rotatable bonds is 2. The van der Waals surface area contributed by atoms with Gasteiger partial charge in [0.1, 0.15) is 16.7 Å². The van der Waals surface area contributed by atoms with Crippen LogP contribution in [0.2, 0.25) is 5.15 Å². The highest BCUT2D eigenvalue weighted by atomic mass is 79.9. The molecule has 2 aromatic rings. The second-order valence-corrected chi connectivity index (χ2v) is 5.32. The third-order valence-electron chi connectivity index (χ3n) is 2.76. The largest absolute Gasteiger partial charge is 0.250 e. The lowest BCUT2D eigenvalue weighted by atomic mass is 10.2. The molecule has 1 aliphatic rings. The van der Waals surface area contributed by atoms with E-state index in [0.29, 0.717) is 22.6 Å². The highest BCUT2D eigenvalue weighted by molar-refractivity contribution is 9.10. The molecule has 0 unspecified atom stereocenters. The fraction of sp³-hybridized carbons (Fsp3) is 0.250. The summed E-state index contributed by atoms with van der Waals surface area (Å²) in [6.45, 7) is 0. The topological polar surface area (TPSA) is 38.7 Å². The Morgan fingerprint density at radius 3 is 2.67 bits per heavy atom. The number of aromatic nitrogens is 3. The van der Waals surface area contributed by atoms with Crippen LogP contribution < -0.4 is 0 Å². The van der Waals surface area contributed by atoms with Crippen LogP contribution in [0.5, 0.6) is 0 Å². The molecule has 1 fully saturated rings. The quantitative estimate of drug-likeness (QED) is 0.783. The van der Waals surface area contributed by atoms with Gasteiger partial charge in [-0.3, -0.25) is 0 Å². The molecule has 92 valence electrons. The lowest BCUT2D eigenvalue weighted by Gasteiger charge is -2.06. The summed E-state index contributed by atoms with van der Waals surface area (Å²) in [7, 11) is 0. The van der Waals surface area contributed by atoms with Gasteiger partial charge < -0.3 is 0 Å². The van der Waals surface area contributed by atoms with E-state index in [-0.39, 0.29) is 5.82 Å². The molecule has 1 saturated carbocycles. The van der Waals surface area contributed by atoms with Crippen LogP contribution in [0.25, 0.3) is 11.5 Å². The van der Waals surface area contributed by atoms with Crippen LogP contribution in [0, 0.1) is 5.82 Å². The SMILES string of the molecule is Fc1ccc(-c2nc(Cl)c(Br)c(C3CC3)n2)nc1. The minimum atomic E-state index is -0.385. The third-order valence-corrected chi connectivity index (χ3v) is 4.04. The molecule has 0 aliphatic heterocycles. The number of hydrogen-bond acceptors (Lipinski definition) is 3. The van der Waals surface area contributed by atoms with Gasteiger partial charge in [0.2, 0.25) is 0 Å². The van der Waals surface area contributed by atoms with E-state index in [1.807, 2.05) is 0 Å². The third kappa shape index (κ3) is 2.24. The molecule has 1 aliphatic carbocycles. The number of nitrogens with zero attached hydrogens (tertiary/aromatic N) is 3. The van der Waals surface area contributed by atoms with Gasteiger partial charge in [-0.15, -0.1) is 0 Å². The van der Waals surface area contributed by atoms with E-state index in [0.717, 1.165) is 29.2 Å². The van der Waals surface area contributed by atoms with Gasteiger partial charge in [0.15, 0.2) is 5.82 Å². The monoisotopic (exact) mass is 327 g/mol. The maximum absolute atomic E-state index is 12.8. The van der Waals surface area contributed by atoms with Gasteiger partial charge in [-0.2, -0.15) is 0 Å². The lowest BCUT2D eigenvalue weighted by molar-refractivity contribution is 0.621. The van der Waals surface area contributed by atoms with Crippen LogP contribution in [0.15, 0.2) is 22.8 Å². The summed E-state index contributed by atoms with van der Waals surface area (Å²) in [4.78, 5) is 12.6. The number of halogens is 3. The van der Waals surface area contributed by atoms with E-state index in [2.05, 4.69) is 30.9 Å². The Hall–Kier alpha value is -1.07. The molecule has 3 nitrogen and oxygen atoms in total. The van der Waals surface area contributed by atoms with Gasteiger partial charge in [-0.25, -0.2) is 19.3 Å². The van der Waals surface area contributed by atoms with Crippen molar-refractivity contribution in [3.63, 3.8) is 0 Å². The molecule has 0 amide bonds. The van der Waals surface area contributed by atoms with Crippen LogP contribution >= 0.6 is 27.5 Å². The first kappa shape index (κ1) is 12.0. The molecule has 0 radical (unpaired) electrons. The molecule has 0 aromatic carbocycles. The van der Waals surface area contributed by atoms with E-state index in [4.69, 9.17) is 11.6 Å². The Labute approximate surface area is 117 Å². The van der Waals surface area contributed by atoms with Gasteiger partial charge in [-0.1, -0.05) is 11.6 Å². The summed E-state index contributed by atoms with van der Waals surface area (Å²) in [5, 5.41) is 0.369. The van der Waals surface area contributed by atoms with Crippen LogP contribution in [0.4, 0.5) is 4.39 Å². The molecule has 0 bridgehead atoms. The highest BCUT2D eigenvalue weighted by Crippen LogP contribution is 2.44. The first-order chi connectivity index (χ1) is 8.65. The van der Waals surface area contributed by atoms with Crippen molar-refractivity contribution < 1.29 is 4.39 Å². The first-order valence-electron chi connectivity index (χ1n) is 5.50. The van der Waals surface area contributed by atoms with Crippen molar-refractivity contribution in [1.29, 1.82) is 0 Å². The zero-order valence-corrected chi connectivity index (χ0v) is 11.5. The van der Waals surface area contributed by atoms with Gasteiger partial charge in [0.05, 0.1) is 16.4 Å². The van der Waals surface area contributed by atoms with Crippen LogP contribution in [0.1, 0.15) is 24.5 Å². The first-order valence-corrected chi connectivity index (χ1v) is 6.67. The standard InChI is InChI=1S/C12H8BrClFN3/c13-9-10(6-1-2-6)17-12(18-11(9)14)8-4-3-7(15)5-16-8/h3-6H,1-2H2. The van der Waals surface area contributed by atoms with Crippen molar-refractivity contribution in [3.05, 3.63) is 39.5 Å². The molecule has 0 saturated heterocycles. The Balaban J connectivity index is 2.09. The molecular formula is C12H8BrClFN3. The van der Waals surface area contributed by atoms with Crippen LogP contribution in [-0.4, -0.2) is 15.0 Å². The molecule has 0 N–H and O–H groups in total. The van der Waals surface area contributed by atoms with Crippen LogP contribution in [-0.2, 0) is 0 Å². The van der Waals surface area contributed by atoms with E-state index in [9.17, 15) is 4.39 Å². The Morgan fingerprint density at radius 2 is 2.06 bits per heavy atom. The molecule has 3 rings (SSSR count). The van der Waals surface area contributed by atoms with Gasteiger partial charge >= 0.3 is 0 Å². The second kappa shape index (κ2) is 4.55. The van der Waals surface area contributed by atoms with E-state index < -0.39 is 0 Å². The molecular weight excluding hydrogens is 321 g/mol. The highest BCUT2D eigenvalue weighted by Gasteiger charge is 2.29. The van der Waals surface area contributed by atoms with Crippen molar-refractivity contribution in [1.82, 2.24) is 15.0 Å². The van der Waals surface area contributed by atoms with E-state index >= 15 is 0 Å². The Kier molecular flexibility index (Phi) is 3.03. The average Bonchev–Trinajstić information content (AvgIpc) is 3.18. The Bertz CT molecular complexity index is 599. The zero-order chi connectivity index (χ0) is 12.7. The maximum atomic E-state index is 12.8. The predicted octanol–water partition coefficient (Wildman–Crippen LogP) is 3.97. The minimum Gasteiger partial charge on any atom is -0.250 e. The zero-order valence-electron chi connectivity index (χ0n) is 9.20. The van der Waals surface area contributed by atoms with E-state index in [1.54, 1.807) is 6.07 Å². The Morgan fingerprint density at radius 1 is 1.28 bits per heavy atom. The maximum Gasteiger partial charge on any atom is 0.179 e. The molecule has 0 spiro atoms. The van der Waals surface area contributed by atoms with Crippen molar-refractivity contribution in [2.45, 2.75) is 18.8 Å². The van der Waals surface area contributed by atoms with Crippen molar-refractivity contribution in [2.24, 2.45) is 0 Å². The number of hydrogen-bond donors (Lipinski definition) is 0. The lowest BCUT2D eigenvalue weighted by Crippen LogP contribution is -1.98. The molecule has 18 heavy (non-hydrogen) atoms. The fourth-order valence-corrected chi connectivity index (χ4v) is 2.36. The summed E-state index contributed by atoms with van der Waals surface area (Å²) >= 11 is 9.47. The van der Waals surface area contributed by atoms with Crippen molar-refractivity contribution in [2.75, 3.05) is 0 Å². The van der Waals surface area contributed by atoms with Crippen LogP contribution in [0.3, 0.4) is 0 Å². The van der Waals surface area contributed by atoms with Gasteiger partial charge in [0, 0.05) is 5.92 Å². The normalized spacial score (nSPS) is 14.8. The summed E-state index contributed by atoms with van der Waals surface area (Å²) in [6.07, 6.45) is 3.37. The molecule has 0 atom stereocenters. The summed E-state index contributed by atoms with van der Waals surface area (Å²) in [5.41, 5.74) is 1.43. The second-order valence-electron chi connectivity index (χ2n) is 4.17. The molecule has 6 heteroatoms. The van der Waals surface area contributed by atoms with Gasteiger partial charge in [-0.05, 0) is 40.9 Å². The number of pyridine rings is 1. The summed E-state index contributed by atoms with van der Waals surface area (Å²) in [6, 6.07) is 2.88. The fourth-order valence-electron chi connectivity index (χ4n) is 1.69. The average molecular weight is 329 g/mol. The molecule has 2 aromatic heterocycles. The predicted molar refractivity (Wildman–Crippen MR) is 69.9 cm³/mol.